The average molecular weight is 404 g/mol. The lowest BCUT2D eigenvalue weighted by molar-refractivity contribution is -0.132. The van der Waals surface area contributed by atoms with Gasteiger partial charge in [0.1, 0.15) is 0 Å². The van der Waals surface area contributed by atoms with Gasteiger partial charge >= 0.3 is 0 Å². The Labute approximate surface area is 167 Å². The van der Waals surface area contributed by atoms with Gasteiger partial charge in [0.2, 0.25) is 11.8 Å². The van der Waals surface area contributed by atoms with Crippen LogP contribution in [0.1, 0.15) is 12.8 Å². The van der Waals surface area contributed by atoms with Gasteiger partial charge in [0.15, 0.2) is 11.0 Å². The zero-order valence-electron chi connectivity index (χ0n) is 16.0. The fourth-order valence-corrected chi connectivity index (χ4v) is 3.44. The maximum absolute atomic E-state index is 12.4. The van der Waals surface area contributed by atoms with Crippen molar-refractivity contribution in [2.75, 3.05) is 33.1 Å². The first-order valence-corrected chi connectivity index (χ1v) is 10.1. The molecule has 10 heteroatoms. The molecule has 28 heavy (non-hydrogen) atoms. The predicted molar refractivity (Wildman–Crippen MR) is 105 cm³/mol. The van der Waals surface area contributed by atoms with Crippen molar-refractivity contribution in [2.45, 2.75) is 30.6 Å². The standard InChI is InChI=1S/C18H24N6O3S/c1-23(11-15(25)20-14-3-4-14)16(26)12-28-18-22-21-17(24(18)9-10-27-2)13-5-7-19-8-6-13/h5-8,14H,3-4,9-12H2,1-2H3,(H,20,25). The third-order valence-corrected chi connectivity index (χ3v) is 5.20. The number of rotatable bonds is 10. The lowest BCUT2D eigenvalue weighted by Gasteiger charge is -2.16. The van der Waals surface area contributed by atoms with Crippen molar-refractivity contribution in [3.63, 3.8) is 0 Å². The van der Waals surface area contributed by atoms with E-state index in [1.165, 1.54) is 16.7 Å². The second-order valence-corrected chi connectivity index (χ2v) is 7.51. The van der Waals surface area contributed by atoms with E-state index >= 15 is 0 Å². The van der Waals surface area contributed by atoms with Gasteiger partial charge in [-0.25, -0.2) is 0 Å². The maximum Gasteiger partial charge on any atom is 0.239 e. The highest BCUT2D eigenvalue weighted by Crippen LogP contribution is 2.24. The summed E-state index contributed by atoms with van der Waals surface area (Å²) in [5.74, 6) is 0.620. The minimum atomic E-state index is -0.136. The number of thioether (sulfide) groups is 1. The molecule has 0 radical (unpaired) electrons. The second kappa shape index (κ2) is 9.65. The van der Waals surface area contributed by atoms with Gasteiger partial charge < -0.3 is 15.0 Å². The SMILES string of the molecule is COCCn1c(SCC(=O)N(C)CC(=O)NC2CC2)nnc1-c1ccncc1. The highest BCUT2D eigenvalue weighted by molar-refractivity contribution is 7.99. The molecule has 1 aliphatic rings. The minimum Gasteiger partial charge on any atom is -0.383 e. The van der Waals surface area contributed by atoms with Crippen molar-refractivity contribution in [1.82, 2.24) is 30.0 Å². The number of pyridine rings is 1. The molecule has 1 fully saturated rings. The second-order valence-electron chi connectivity index (χ2n) is 6.57. The van der Waals surface area contributed by atoms with Crippen molar-refractivity contribution < 1.29 is 14.3 Å². The quantitative estimate of drug-likeness (QED) is 0.585. The first kappa shape index (κ1) is 20.3. The average Bonchev–Trinajstić information content (AvgIpc) is 3.41. The first-order chi connectivity index (χ1) is 13.6. The maximum atomic E-state index is 12.4. The van der Waals surface area contributed by atoms with Crippen molar-refractivity contribution in [1.29, 1.82) is 0 Å². The van der Waals surface area contributed by atoms with Crippen LogP contribution in [0.4, 0.5) is 0 Å². The number of nitrogens with zero attached hydrogens (tertiary/aromatic N) is 5. The lowest BCUT2D eigenvalue weighted by atomic mass is 10.2. The zero-order valence-corrected chi connectivity index (χ0v) is 16.8. The van der Waals surface area contributed by atoms with Gasteiger partial charge in [-0.05, 0) is 25.0 Å². The summed E-state index contributed by atoms with van der Waals surface area (Å²) >= 11 is 1.30. The van der Waals surface area contributed by atoms with Crippen LogP contribution < -0.4 is 5.32 Å². The summed E-state index contributed by atoms with van der Waals surface area (Å²) in [6, 6.07) is 4.01. The fourth-order valence-electron chi connectivity index (χ4n) is 2.54. The number of likely N-dealkylation sites (N-methyl/N-ethyl adjacent to an activating group) is 1. The van der Waals surface area contributed by atoms with Crippen LogP contribution in [-0.4, -0.2) is 75.6 Å². The summed E-state index contributed by atoms with van der Waals surface area (Å²) in [5, 5.41) is 12.0. The molecule has 1 N–H and O–H groups in total. The summed E-state index contributed by atoms with van der Waals surface area (Å²) in [6.07, 6.45) is 5.44. The Morgan fingerprint density at radius 2 is 2.07 bits per heavy atom. The van der Waals surface area contributed by atoms with Gasteiger partial charge in [0.05, 0.1) is 25.4 Å². The van der Waals surface area contributed by atoms with Gasteiger partial charge in [-0.1, -0.05) is 11.8 Å². The third-order valence-electron chi connectivity index (χ3n) is 4.25. The molecule has 150 valence electrons. The number of aromatic nitrogens is 4. The smallest absolute Gasteiger partial charge is 0.239 e. The Bertz CT molecular complexity index is 809. The van der Waals surface area contributed by atoms with Crippen molar-refractivity contribution in [3.8, 4) is 11.4 Å². The van der Waals surface area contributed by atoms with E-state index in [-0.39, 0.29) is 30.2 Å². The number of ether oxygens (including phenoxy) is 1. The van der Waals surface area contributed by atoms with Crippen LogP contribution >= 0.6 is 11.8 Å². The predicted octanol–water partition coefficient (Wildman–Crippen LogP) is 0.816. The van der Waals surface area contributed by atoms with Gasteiger partial charge in [-0.15, -0.1) is 10.2 Å². The molecular weight excluding hydrogens is 380 g/mol. The van der Waals surface area contributed by atoms with Crippen LogP contribution in [0.25, 0.3) is 11.4 Å². The van der Waals surface area contributed by atoms with Gasteiger partial charge in [0, 0.05) is 38.2 Å². The Hall–Kier alpha value is -2.46. The molecule has 0 saturated heterocycles. The molecular formula is C18H24N6O3S. The third kappa shape index (κ3) is 5.52. The number of amides is 2. The minimum absolute atomic E-state index is 0.0640. The molecule has 0 atom stereocenters. The molecule has 1 saturated carbocycles. The molecule has 0 aliphatic heterocycles. The molecule has 0 unspecified atom stereocenters. The van der Waals surface area contributed by atoms with Crippen LogP contribution in [0.2, 0.25) is 0 Å². The topological polar surface area (TPSA) is 102 Å². The van der Waals surface area contributed by atoms with E-state index in [0.29, 0.717) is 24.1 Å². The zero-order chi connectivity index (χ0) is 19.9. The molecule has 3 rings (SSSR count). The van der Waals surface area contributed by atoms with Crippen LogP contribution in [0.5, 0.6) is 0 Å². The molecule has 2 amide bonds. The Kier molecular flexibility index (Phi) is 6.99. The largest absolute Gasteiger partial charge is 0.383 e. The number of hydrogen-bond acceptors (Lipinski definition) is 7. The Morgan fingerprint density at radius 3 is 2.75 bits per heavy atom. The van der Waals surface area contributed by atoms with Crippen molar-refractivity contribution >= 4 is 23.6 Å². The van der Waals surface area contributed by atoms with Crippen LogP contribution in [0.3, 0.4) is 0 Å². The Morgan fingerprint density at radius 1 is 1.32 bits per heavy atom. The number of hydrogen-bond donors (Lipinski definition) is 1. The van der Waals surface area contributed by atoms with E-state index in [1.54, 1.807) is 26.6 Å². The van der Waals surface area contributed by atoms with Gasteiger partial charge in [-0.2, -0.15) is 0 Å². The van der Waals surface area contributed by atoms with Crippen LogP contribution in [-0.2, 0) is 20.9 Å². The van der Waals surface area contributed by atoms with Gasteiger partial charge in [0.25, 0.3) is 0 Å². The van der Waals surface area contributed by atoms with Crippen LogP contribution in [0, 0.1) is 0 Å². The molecule has 9 nitrogen and oxygen atoms in total. The summed E-state index contributed by atoms with van der Waals surface area (Å²) in [6.45, 7) is 1.13. The highest BCUT2D eigenvalue weighted by atomic mass is 32.2. The first-order valence-electron chi connectivity index (χ1n) is 9.07. The molecule has 2 aromatic rings. The normalized spacial score (nSPS) is 13.4. The fraction of sp³-hybridized carbons (Fsp3) is 0.500. The van der Waals surface area contributed by atoms with E-state index in [9.17, 15) is 9.59 Å². The number of carbonyl (C=O) groups is 2. The lowest BCUT2D eigenvalue weighted by Crippen LogP contribution is -2.39. The molecule has 2 aromatic heterocycles. The summed E-state index contributed by atoms with van der Waals surface area (Å²) < 4.78 is 7.11. The van der Waals surface area contributed by atoms with E-state index in [2.05, 4.69) is 20.5 Å². The number of carbonyl (C=O) groups excluding carboxylic acids is 2. The van der Waals surface area contributed by atoms with Gasteiger partial charge in [-0.3, -0.25) is 19.1 Å². The molecule has 0 aromatic carbocycles. The monoisotopic (exact) mass is 404 g/mol. The number of methoxy groups -OCH3 is 1. The van der Waals surface area contributed by atoms with E-state index in [4.69, 9.17) is 4.74 Å². The summed E-state index contributed by atoms with van der Waals surface area (Å²) in [5.41, 5.74) is 0.894. The van der Waals surface area contributed by atoms with E-state index in [0.717, 1.165) is 18.4 Å². The highest BCUT2D eigenvalue weighted by Gasteiger charge is 2.24. The van der Waals surface area contributed by atoms with Crippen molar-refractivity contribution in [3.05, 3.63) is 24.5 Å². The molecule has 1 aliphatic carbocycles. The summed E-state index contributed by atoms with van der Waals surface area (Å²) in [7, 11) is 3.27. The summed E-state index contributed by atoms with van der Waals surface area (Å²) in [4.78, 5) is 29.7. The Balaban J connectivity index is 1.61. The molecule has 0 spiro atoms. The van der Waals surface area contributed by atoms with Crippen LogP contribution in [0.15, 0.2) is 29.7 Å². The van der Waals surface area contributed by atoms with Crippen molar-refractivity contribution in [2.24, 2.45) is 0 Å². The van der Waals surface area contributed by atoms with E-state index in [1.807, 2.05) is 16.7 Å². The molecule has 2 heterocycles. The van der Waals surface area contributed by atoms with E-state index < -0.39 is 0 Å². The number of nitrogens with one attached hydrogen (secondary N) is 1. The molecule has 0 bridgehead atoms.